The van der Waals surface area contributed by atoms with Gasteiger partial charge in [0, 0.05) is 29.6 Å². The molecule has 1 N–H and O–H groups in total. The number of likely N-dealkylation sites (tertiary alicyclic amines) is 1. The van der Waals surface area contributed by atoms with Gasteiger partial charge in [-0.25, -0.2) is 4.68 Å². The molecule has 30 heavy (non-hydrogen) atoms. The van der Waals surface area contributed by atoms with E-state index < -0.39 is 0 Å². The zero-order valence-corrected chi connectivity index (χ0v) is 18.0. The van der Waals surface area contributed by atoms with Gasteiger partial charge in [-0.05, 0) is 56.1 Å². The summed E-state index contributed by atoms with van der Waals surface area (Å²) in [5.74, 6) is 2.37. The average molecular weight is 423 g/mol. The fraction of sp³-hybridized carbons (Fsp3) is 0.375. The van der Waals surface area contributed by atoms with Crippen LogP contribution in [0.5, 0.6) is 5.75 Å². The molecule has 3 aromatic rings. The van der Waals surface area contributed by atoms with Crippen LogP contribution in [0.15, 0.2) is 48.5 Å². The summed E-state index contributed by atoms with van der Waals surface area (Å²) in [6.45, 7) is 4.20. The first kappa shape index (κ1) is 19.5. The second-order valence-electron chi connectivity index (χ2n) is 8.15. The highest BCUT2D eigenvalue weighted by Crippen LogP contribution is 2.39. The predicted octanol–water partition coefficient (Wildman–Crippen LogP) is 4.88. The lowest BCUT2D eigenvalue weighted by molar-refractivity contribution is 0.203. The van der Waals surface area contributed by atoms with E-state index >= 15 is 0 Å². The third-order valence-electron chi connectivity index (χ3n) is 6.27. The molecule has 0 atom stereocenters. The highest BCUT2D eigenvalue weighted by molar-refractivity contribution is 6.30. The molecule has 6 heteroatoms. The van der Waals surface area contributed by atoms with Crippen LogP contribution in [0.25, 0.3) is 5.69 Å². The highest BCUT2D eigenvalue weighted by atomic mass is 35.5. The monoisotopic (exact) mass is 422 g/mol. The number of halogens is 1. The number of aromatic nitrogens is 2. The van der Waals surface area contributed by atoms with E-state index in [-0.39, 0.29) is 0 Å². The molecule has 0 amide bonds. The van der Waals surface area contributed by atoms with E-state index in [1.54, 1.807) is 7.11 Å². The number of hydrogen-bond donors (Lipinski definition) is 1. The third-order valence-corrected chi connectivity index (χ3v) is 6.51. The summed E-state index contributed by atoms with van der Waals surface area (Å²) in [4.78, 5) is 2.56. The van der Waals surface area contributed by atoms with E-state index in [1.807, 2.05) is 22.9 Å². The second kappa shape index (κ2) is 8.32. The molecular weight excluding hydrogens is 396 g/mol. The van der Waals surface area contributed by atoms with Gasteiger partial charge in [0.1, 0.15) is 17.3 Å². The maximum Gasteiger partial charge on any atom is 0.144 e. The first-order chi connectivity index (χ1) is 14.7. The van der Waals surface area contributed by atoms with Gasteiger partial charge in [-0.3, -0.25) is 4.90 Å². The first-order valence-electron chi connectivity index (χ1n) is 10.7. The van der Waals surface area contributed by atoms with Crippen molar-refractivity contribution in [1.82, 2.24) is 14.7 Å². The van der Waals surface area contributed by atoms with Crippen molar-refractivity contribution in [2.75, 3.05) is 32.1 Å². The van der Waals surface area contributed by atoms with Crippen molar-refractivity contribution in [2.45, 2.75) is 31.7 Å². The Morgan fingerprint density at radius 3 is 2.70 bits per heavy atom. The van der Waals surface area contributed by atoms with Crippen LogP contribution in [0.3, 0.4) is 0 Å². The number of piperidine rings is 1. The minimum Gasteiger partial charge on any atom is -0.494 e. The minimum absolute atomic E-state index is 0.497. The average Bonchev–Trinajstić information content (AvgIpc) is 3.38. The Balaban J connectivity index is 1.38. The summed E-state index contributed by atoms with van der Waals surface area (Å²) in [6, 6.07) is 16.4. The summed E-state index contributed by atoms with van der Waals surface area (Å²) < 4.78 is 7.58. The number of methoxy groups -OCH3 is 1. The predicted molar refractivity (Wildman–Crippen MR) is 121 cm³/mol. The lowest BCUT2D eigenvalue weighted by Crippen LogP contribution is -2.32. The summed E-state index contributed by atoms with van der Waals surface area (Å²) in [5, 5.41) is 9.30. The van der Waals surface area contributed by atoms with Gasteiger partial charge >= 0.3 is 0 Å². The molecule has 0 radical (unpaired) electrons. The number of nitrogens with zero attached hydrogens (tertiary/aromatic N) is 3. The van der Waals surface area contributed by atoms with Crippen LogP contribution in [-0.2, 0) is 13.0 Å². The quantitative estimate of drug-likeness (QED) is 0.636. The second-order valence-corrected chi connectivity index (χ2v) is 8.59. The molecule has 156 valence electrons. The highest BCUT2D eigenvalue weighted by Gasteiger charge is 2.31. The SMILES string of the molecule is COc1ccc(Cl)cc1-n1nc(C2CCN(Cc3ccccc3)CC2)c2c1NCC2. The van der Waals surface area contributed by atoms with Crippen LogP contribution < -0.4 is 10.1 Å². The number of fused-ring (bicyclic) bond motifs is 1. The fourth-order valence-electron chi connectivity index (χ4n) is 4.74. The number of benzene rings is 2. The number of ether oxygens (including phenoxy) is 1. The molecule has 0 spiro atoms. The lowest BCUT2D eigenvalue weighted by Gasteiger charge is -2.31. The van der Waals surface area contributed by atoms with Crippen molar-refractivity contribution in [1.29, 1.82) is 0 Å². The van der Waals surface area contributed by atoms with E-state index in [2.05, 4.69) is 40.5 Å². The largest absolute Gasteiger partial charge is 0.494 e. The van der Waals surface area contributed by atoms with Gasteiger partial charge in [0.05, 0.1) is 12.8 Å². The van der Waals surface area contributed by atoms with Gasteiger partial charge < -0.3 is 10.1 Å². The van der Waals surface area contributed by atoms with Crippen LogP contribution in [0.1, 0.15) is 35.6 Å². The molecule has 0 aliphatic carbocycles. The van der Waals surface area contributed by atoms with Gasteiger partial charge in [-0.1, -0.05) is 41.9 Å². The zero-order valence-electron chi connectivity index (χ0n) is 17.3. The third kappa shape index (κ3) is 3.68. The van der Waals surface area contributed by atoms with Crippen LogP contribution in [-0.4, -0.2) is 41.4 Å². The summed E-state index contributed by atoms with van der Waals surface area (Å²) in [5.41, 5.74) is 4.89. The van der Waals surface area contributed by atoms with Crippen LogP contribution in [0.2, 0.25) is 5.02 Å². The van der Waals surface area contributed by atoms with Crippen molar-refractivity contribution in [3.05, 3.63) is 70.4 Å². The molecule has 1 fully saturated rings. The Hall–Kier alpha value is -2.50. The smallest absolute Gasteiger partial charge is 0.144 e. The Bertz CT molecular complexity index is 1030. The van der Waals surface area contributed by atoms with E-state index in [0.717, 1.165) is 62.7 Å². The molecule has 0 saturated carbocycles. The molecular formula is C24H27ClN4O. The molecule has 0 bridgehead atoms. The van der Waals surface area contributed by atoms with Crippen molar-refractivity contribution in [3.8, 4) is 11.4 Å². The Labute approximate surface area is 182 Å². The molecule has 1 saturated heterocycles. The molecule has 5 rings (SSSR count). The Kier molecular flexibility index (Phi) is 5.40. The summed E-state index contributed by atoms with van der Waals surface area (Å²) in [6.07, 6.45) is 3.31. The van der Waals surface area contributed by atoms with Gasteiger partial charge in [0.2, 0.25) is 0 Å². The first-order valence-corrected chi connectivity index (χ1v) is 11.1. The molecule has 2 aliphatic heterocycles. The molecule has 2 aliphatic rings. The Morgan fingerprint density at radius 2 is 1.93 bits per heavy atom. The zero-order chi connectivity index (χ0) is 20.5. The minimum atomic E-state index is 0.497. The maximum atomic E-state index is 6.29. The summed E-state index contributed by atoms with van der Waals surface area (Å²) in [7, 11) is 1.69. The van der Waals surface area contributed by atoms with E-state index in [1.165, 1.54) is 16.8 Å². The molecule has 2 aromatic carbocycles. The Morgan fingerprint density at radius 1 is 1.13 bits per heavy atom. The van der Waals surface area contributed by atoms with E-state index in [0.29, 0.717) is 10.9 Å². The topological polar surface area (TPSA) is 42.3 Å². The maximum absolute atomic E-state index is 6.29. The fourth-order valence-corrected chi connectivity index (χ4v) is 4.90. The summed E-state index contributed by atoms with van der Waals surface area (Å²) >= 11 is 6.29. The van der Waals surface area contributed by atoms with Crippen LogP contribution >= 0.6 is 11.6 Å². The molecule has 5 nitrogen and oxygen atoms in total. The van der Waals surface area contributed by atoms with Crippen molar-refractivity contribution in [2.24, 2.45) is 0 Å². The number of hydrogen-bond acceptors (Lipinski definition) is 4. The molecule has 3 heterocycles. The van der Waals surface area contributed by atoms with Gasteiger partial charge in [-0.15, -0.1) is 0 Å². The molecule has 1 aromatic heterocycles. The molecule has 0 unspecified atom stereocenters. The van der Waals surface area contributed by atoms with Gasteiger partial charge in [-0.2, -0.15) is 5.10 Å². The number of rotatable bonds is 5. The number of nitrogens with one attached hydrogen (secondary N) is 1. The van der Waals surface area contributed by atoms with E-state index in [9.17, 15) is 0 Å². The standard InChI is InChI=1S/C24H27ClN4O/c1-30-22-8-7-19(25)15-21(22)29-24-20(9-12-26-24)23(27-29)18-10-13-28(14-11-18)16-17-5-3-2-4-6-17/h2-8,15,18,26H,9-14,16H2,1H3. The van der Waals surface area contributed by atoms with Gasteiger partial charge in [0.25, 0.3) is 0 Å². The van der Waals surface area contributed by atoms with Crippen molar-refractivity contribution in [3.63, 3.8) is 0 Å². The van der Waals surface area contributed by atoms with Crippen LogP contribution in [0.4, 0.5) is 5.82 Å². The van der Waals surface area contributed by atoms with Gasteiger partial charge in [0.15, 0.2) is 0 Å². The lowest BCUT2D eigenvalue weighted by atomic mass is 9.90. The normalized spacial score (nSPS) is 17.0. The number of anilines is 1. The van der Waals surface area contributed by atoms with Crippen molar-refractivity contribution >= 4 is 17.4 Å². The van der Waals surface area contributed by atoms with E-state index in [4.69, 9.17) is 21.4 Å². The van der Waals surface area contributed by atoms with Crippen LogP contribution in [0, 0.1) is 0 Å². The van der Waals surface area contributed by atoms with Crippen molar-refractivity contribution < 1.29 is 4.74 Å².